The molecule has 6 heteroatoms. The zero-order valence-corrected chi connectivity index (χ0v) is 13.7. The zero-order chi connectivity index (χ0) is 15.2. The molecule has 0 aliphatic heterocycles. The van der Waals surface area contributed by atoms with Crippen LogP contribution in [0, 0.1) is 5.41 Å². The van der Waals surface area contributed by atoms with Gasteiger partial charge in [0.25, 0.3) is 0 Å². The lowest BCUT2D eigenvalue weighted by Crippen LogP contribution is -2.37. The highest BCUT2D eigenvalue weighted by molar-refractivity contribution is 9.10. The van der Waals surface area contributed by atoms with Gasteiger partial charge in [0.2, 0.25) is 0 Å². The molecule has 5 nitrogen and oxygen atoms in total. The lowest BCUT2D eigenvalue weighted by Gasteiger charge is -2.25. The van der Waals surface area contributed by atoms with Crippen LogP contribution in [0.4, 0.5) is 0 Å². The molecule has 0 aromatic heterocycles. The highest BCUT2D eigenvalue weighted by Gasteiger charge is 2.22. The number of benzene rings is 1. The maximum Gasteiger partial charge on any atom is 0.128 e. The summed E-state index contributed by atoms with van der Waals surface area (Å²) in [6, 6.07) is 3.69. The van der Waals surface area contributed by atoms with Crippen molar-refractivity contribution < 1.29 is 19.7 Å². The van der Waals surface area contributed by atoms with E-state index in [0.717, 1.165) is 15.8 Å². The summed E-state index contributed by atoms with van der Waals surface area (Å²) in [5, 5.41) is 21.7. The van der Waals surface area contributed by atoms with E-state index in [4.69, 9.17) is 9.47 Å². The van der Waals surface area contributed by atoms with Crippen molar-refractivity contribution in [2.24, 2.45) is 5.41 Å². The summed E-state index contributed by atoms with van der Waals surface area (Å²) in [7, 11) is 3.21. The van der Waals surface area contributed by atoms with Crippen molar-refractivity contribution in [2.75, 3.05) is 34.0 Å². The minimum absolute atomic E-state index is 0.0720. The number of aliphatic hydroxyl groups excluding tert-OH is 2. The summed E-state index contributed by atoms with van der Waals surface area (Å²) in [6.45, 7) is 2.74. The Morgan fingerprint density at radius 2 is 1.85 bits per heavy atom. The van der Waals surface area contributed by atoms with Crippen molar-refractivity contribution in [2.45, 2.75) is 13.5 Å². The molecule has 0 aliphatic rings. The van der Waals surface area contributed by atoms with Gasteiger partial charge in [-0.25, -0.2) is 0 Å². The Labute approximate surface area is 128 Å². The maximum atomic E-state index is 9.26. The van der Waals surface area contributed by atoms with Gasteiger partial charge in [0.1, 0.15) is 11.5 Å². The first-order valence-electron chi connectivity index (χ1n) is 6.32. The molecule has 0 saturated heterocycles. The summed E-state index contributed by atoms with van der Waals surface area (Å²) in [4.78, 5) is 0. The molecule has 0 saturated carbocycles. The number of hydrogen-bond donors (Lipinski definition) is 3. The smallest absolute Gasteiger partial charge is 0.128 e. The van der Waals surface area contributed by atoms with Crippen molar-refractivity contribution in [1.29, 1.82) is 0 Å². The Morgan fingerprint density at radius 1 is 1.20 bits per heavy atom. The second kappa shape index (κ2) is 7.83. The lowest BCUT2D eigenvalue weighted by atomic mass is 9.93. The van der Waals surface area contributed by atoms with E-state index in [-0.39, 0.29) is 13.2 Å². The number of rotatable bonds is 8. The van der Waals surface area contributed by atoms with Crippen molar-refractivity contribution in [3.05, 3.63) is 22.2 Å². The van der Waals surface area contributed by atoms with Gasteiger partial charge in [-0.05, 0) is 6.07 Å². The zero-order valence-electron chi connectivity index (χ0n) is 12.1. The lowest BCUT2D eigenvalue weighted by molar-refractivity contribution is 0.0695. The molecular weight excluding hydrogens is 326 g/mol. The first-order valence-corrected chi connectivity index (χ1v) is 7.12. The fourth-order valence-corrected chi connectivity index (χ4v) is 2.27. The molecule has 0 fully saturated rings. The van der Waals surface area contributed by atoms with Crippen LogP contribution in [0.25, 0.3) is 0 Å². The first-order chi connectivity index (χ1) is 9.49. The van der Waals surface area contributed by atoms with Gasteiger partial charge in [0, 0.05) is 34.6 Å². The fraction of sp³-hybridized carbons (Fsp3) is 0.571. The first kappa shape index (κ1) is 17.2. The third-order valence-corrected chi connectivity index (χ3v) is 3.91. The molecule has 0 atom stereocenters. The summed E-state index contributed by atoms with van der Waals surface area (Å²) in [6.07, 6.45) is 0. The van der Waals surface area contributed by atoms with E-state index in [2.05, 4.69) is 21.2 Å². The SMILES string of the molecule is COc1cc(Br)c(CNCC(C)(CO)CO)c(OC)c1. The van der Waals surface area contributed by atoms with Gasteiger partial charge in [-0.2, -0.15) is 0 Å². The third-order valence-electron chi connectivity index (χ3n) is 3.20. The number of ether oxygens (including phenoxy) is 2. The minimum atomic E-state index is -0.536. The molecule has 1 rings (SSSR count). The van der Waals surface area contributed by atoms with E-state index in [0.29, 0.717) is 18.8 Å². The molecule has 0 unspecified atom stereocenters. The molecule has 0 bridgehead atoms. The van der Waals surface area contributed by atoms with Gasteiger partial charge in [-0.3, -0.25) is 0 Å². The van der Waals surface area contributed by atoms with Crippen LogP contribution in [0.5, 0.6) is 11.5 Å². The normalized spacial score (nSPS) is 11.5. The van der Waals surface area contributed by atoms with Crippen LogP contribution in [-0.4, -0.2) is 44.2 Å². The minimum Gasteiger partial charge on any atom is -0.497 e. The Balaban J connectivity index is 2.77. The Hall–Kier alpha value is -0.820. The predicted molar refractivity (Wildman–Crippen MR) is 81.2 cm³/mol. The highest BCUT2D eigenvalue weighted by atomic mass is 79.9. The molecule has 0 heterocycles. The topological polar surface area (TPSA) is 71.0 Å². The number of hydrogen-bond acceptors (Lipinski definition) is 5. The van der Waals surface area contributed by atoms with Crippen LogP contribution < -0.4 is 14.8 Å². The van der Waals surface area contributed by atoms with E-state index in [9.17, 15) is 10.2 Å². The molecule has 1 aromatic rings. The van der Waals surface area contributed by atoms with Gasteiger partial charge in [0.05, 0.1) is 27.4 Å². The van der Waals surface area contributed by atoms with Crippen molar-refractivity contribution in [3.63, 3.8) is 0 Å². The van der Waals surface area contributed by atoms with Crippen LogP contribution in [0.15, 0.2) is 16.6 Å². The summed E-state index contributed by atoms with van der Waals surface area (Å²) in [5.74, 6) is 1.44. The number of nitrogens with one attached hydrogen (secondary N) is 1. The molecule has 20 heavy (non-hydrogen) atoms. The molecule has 0 radical (unpaired) electrons. The number of halogens is 1. The second-order valence-corrected chi connectivity index (χ2v) is 5.87. The molecule has 1 aromatic carbocycles. The summed E-state index contributed by atoms with van der Waals surface area (Å²) in [5.41, 5.74) is 0.429. The Bertz CT molecular complexity index is 435. The fourth-order valence-electron chi connectivity index (χ4n) is 1.71. The van der Waals surface area contributed by atoms with E-state index in [1.807, 2.05) is 19.1 Å². The Morgan fingerprint density at radius 3 is 2.35 bits per heavy atom. The second-order valence-electron chi connectivity index (χ2n) is 5.02. The van der Waals surface area contributed by atoms with E-state index in [1.165, 1.54) is 0 Å². The maximum absolute atomic E-state index is 9.26. The van der Waals surface area contributed by atoms with Crippen molar-refractivity contribution in [3.8, 4) is 11.5 Å². The van der Waals surface area contributed by atoms with Crippen LogP contribution in [-0.2, 0) is 6.54 Å². The van der Waals surface area contributed by atoms with Crippen LogP contribution >= 0.6 is 15.9 Å². The monoisotopic (exact) mass is 347 g/mol. The summed E-state index contributed by atoms with van der Waals surface area (Å²) < 4.78 is 11.4. The molecule has 0 amide bonds. The number of aliphatic hydroxyl groups is 2. The van der Waals surface area contributed by atoms with Gasteiger partial charge in [-0.15, -0.1) is 0 Å². The average molecular weight is 348 g/mol. The standard InChI is InChI=1S/C14H22BrNO4/c1-14(8-17,9-18)7-16-6-11-12(15)4-10(19-2)5-13(11)20-3/h4-5,16-18H,6-9H2,1-3H3. The van der Waals surface area contributed by atoms with Gasteiger partial charge in [-0.1, -0.05) is 22.9 Å². The molecule has 0 aliphatic carbocycles. The quantitative estimate of drug-likeness (QED) is 0.665. The van der Waals surface area contributed by atoms with E-state index < -0.39 is 5.41 Å². The van der Waals surface area contributed by atoms with E-state index >= 15 is 0 Å². The van der Waals surface area contributed by atoms with Crippen LogP contribution in [0.2, 0.25) is 0 Å². The highest BCUT2D eigenvalue weighted by Crippen LogP contribution is 2.32. The van der Waals surface area contributed by atoms with Crippen LogP contribution in [0.3, 0.4) is 0 Å². The van der Waals surface area contributed by atoms with Gasteiger partial charge in [0.15, 0.2) is 0 Å². The van der Waals surface area contributed by atoms with Crippen molar-refractivity contribution in [1.82, 2.24) is 5.32 Å². The molecule has 3 N–H and O–H groups in total. The molecule has 114 valence electrons. The van der Waals surface area contributed by atoms with Gasteiger partial charge >= 0.3 is 0 Å². The Kier molecular flexibility index (Phi) is 6.75. The molecular formula is C14H22BrNO4. The number of methoxy groups -OCH3 is 2. The average Bonchev–Trinajstić information content (AvgIpc) is 2.48. The van der Waals surface area contributed by atoms with Crippen molar-refractivity contribution >= 4 is 15.9 Å². The third kappa shape index (κ3) is 4.34. The largest absolute Gasteiger partial charge is 0.497 e. The molecule has 0 spiro atoms. The summed E-state index contributed by atoms with van der Waals surface area (Å²) >= 11 is 3.50. The van der Waals surface area contributed by atoms with E-state index in [1.54, 1.807) is 14.2 Å². The van der Waals surface area contributed by atoms with Crippen LogP contribution in [0.1, 0.15) is 12.5 Å². The predicted octanol–water partition coefficient (Wildman–Crippen LogP) is 1.55. The van der Waals surface area contributed by atoms with Gasteiger partial charge < -0.3 is 25.0 Å².